The number of rotatable bonds is 7. The maximum atomic E-state index is 13.2. The van der Waals surface area contributed by atoms with Crippen molar-refractivity contribution in [3.8, 4) is 11.1 Å². The number of piperazine rings is 1. The van der Waals surface area contributed by atoms with Crippen LogP contribution in [0.15, 0.2) is 72.8 Å². The average molecular weight is 458 g/mol. The van der Waals surface area contributed by atoms with Crippen LogP contribution < -0.4 is 4.90 Å². The van der Waals surface area contributed by atoms with Gasteiger partial charge in [-0.05, 0) is 66.5 Å². The zero-order valence-electron chi connectivity index (χ0n) is 19.8. The van der Waals surface area contributed by atoms with Gasteiger partial charge in [0, 0.05) is 50.7 Å². The number of benzene rings is 3. The van der Waals surface area contributed by atoms with E-state index < -0.39 is 0 Å². The Balaban J connectivity index is 1.09. The largest absolute Gasteiger partial charge is 0.368 e. The molecule has 176 valence electrons. The quantitative estimate of drug-likeness (QED) is 0.500. The maximum Gasteiger partial charge on any atom is 0.223 e. The van der Waals surface area contributed by atoms with E-state index in [1.807, 2.05) is 17.0 Å². The van der Waals surface area contributed by atoms with Crippen molar-refractivity contribution in [1.29, 1.82) is 0 Å². The Morgan fingerprint density at radius 2 is 1.44 bits per heavy atom. The van der Waals surface area contributed by atoms with Gasteiger partial charge in [0.05, 0.1) is 0 Å². The van der Waals surface area contributed by atoms with Crippen LogP contribution in [0.2, 0.25) is 0 Å². The van der Waals surface area contributed by atoms with Crippen LogP contribution in [0, 0.1) is 5.82 Å². The fraction of sp³-hybridized carbons (Fsp3) is 0.345. The van der Waals surface area contributed by atoms with E-state index in [9.17, 15) is 9.18 Å². The third-order valence-electron chi connectivity index (χ3n) is 7.29. The molecule has 0 bridgehead atoms. The van der Waals surface area contributed by atoms with Crippen LogP contribution in [-0.2, 0) is 4.79 Å². The van der Waals surface area contributed by atoms with Crippen LogP contribution in [0.3, 0.4) is 0 Å². The number of halogens is 1. The van der Waals surface area contributed by atoms with Gasteiger partial charge in [-0.25, -0.2) is 4.39 Å². The molecule has 5 heteroatoms. The molecule has 1 heterocycles. The molecular weight excluding hydrogens is 425 g/mol. The van der Waals surface area contributed by atoms with Crippen LogP contribution in [-0.4, -0.2) is 62.0 Å². The maximum absolute atomic E-state index is 13.2. The third kappa shape index (κ3) is 4.71. The van der Waals surface area contributed by atoms with Gasteiger partial charge in [-0.1, -0.05) is 48.5 Å². The summed E-state index contributed by atoms with van der Waals surface area (Å²) in [5.74, 6) is 0.426. The molecule has 0 unspecified atom stereocenters. The van der Waals surface area contributed by atoms with E-state index in [-0.39, 0.29) is 11.7 Å². The summed E-state index contributed by atoms with van der Waals surface area (Å²) in [6.45, 7) is 4.73. The van der Waals surface area contributed by atoms with Crippen molar-refractivity contribution in [2.45, 2.75) is 18.8 Å². The van der Waals surface area contributed by atoms with Crippen LogP contribution >= 0.6 is 0 Å². The lowest BCUT2D eigenvalue weighted by Crippen LogP contribution is -2.49. The lowest BCUT2D eigenvalue weighted by atomic mass is 9.93. The van der Waals surface area contributed by atoms with E-state index >= 15 is 0 Å². The summed E-state index contributed by atoms with van der Waals surface area (Å²) < 4.78 is 13.2. The van der Waals surface area contributed by atoms with Gasteiger partial charge in [0.15, 0.2) is 0 Å². The highest BCUT2D eigenvalue weighted by atomic mass is 19.1. The lowest BCUT2D eigenvalue weighted by Gasteiger charge is -2.36. The molecule has 2 aliphatic rings. The van der Waals surface area contributed by atoms with Gasteiger partial charge < -0.3 is 14.7 Å². The number of hydrogen-bond acceptors (Lipinski definition) is 3. The fourth-order valence-electron chi connectivity index (χ4n) is 5.34. The predicted molar refractivity (Wildman–Crippen MR) is 136 cm³/mol. The summed E-state index contributed by atoms with van der Waals surface area (Å²) in [6, 6.07) is 24.1. The number of amides is 1. The minimum absolute atomic E-state index is 0.219. The van der Waals surface area contributed by atoms with Crippen LogP contribution in [0.5, 0.6) is 0 Å². The van der Waals surface area contributed by atoms with E-state index in [1.54, 1.807) is 0 Å². The van der Waals surface area contributed by atoms with Gasteiger partial charge in [-0.2, -0.15) is 0 Å². The molecule has 3 aromatic carbocycles. The predicted octanol–water partition coefficient (Wildman–Crippen LogP) is 5.00. The molecule has 0 saturated carbocycles. The monoisotopic (exact) mass is 457 g/mol. The van der Waals surface area contributed by atoms with E-state index in [1.165, 1.54) is 34.4 Å². The molecule has 0 N–H and O–H groups in total. The first-order valence-electron chi connectivity index (χ1n) is 12.3. The summed E-state index contributed by atoms with van der Waals surface area (Å²) in [5.41, 5.74) is 6.59. The number of carbonyl (C=O) groups is 1. The number of hydrogen-bond donors (Lipinski definition) is 0. The first-order valence-corrected chi connectivity index (χ1v) is 12.3. The summed E-state index contributed by atoms with van der Waals surface area (Å²) in [4.78, 5) is 19.3. The standard InChI is InChI=1S/C29H32FN3O/c1-31(16-14-28-26-8-4-2-6-24(26)25-7-3-5-9-27(25)28)17-15-29(34)33-20-18-32(19-21-33)23-12-10-22(30)11-13-23/h2-13,28H,14-21H2,1H3. The number of anilines is 1. The Kier molecular flexibility index (Phi) is 6.63. The number of fused-ring (bicyclic) bond motifs is 3. The molecule has 0 aromatic heterocycles. The summed E-state index contributed by atoms with van der Waals surface area (Å²) in [7, 11) is 2.12. The highest BCUT2D eigenvalue weighted by molar-refractivity contribution is 5.78. The topological polar surface area (TPSA) is 26.8 Å². The Morgan fingerprint density at radius 3 is 2.06 bits per heavy atom. The van der Waals surface area contributed by atoms with Crippen molar-refractivity contribution in [2.75, 3.05) is 51.2 Å². The van der Waals surface area contributed by atoms with Crippen molar-refractivity contribution in [3.05, 3.63) is 89.7 Å². The highest BCUT2D eigenvalue weighted by Crippen LogP contribution is 2.46. The van der Waals surface area contributed by atoms with Crippen LogP contribution in [0.4, 0.5) is 10.1 Å². The van der Waals surface area contributed by atoms with Crippen molar-refractivity contribution < 1.29 is 9.18 Å². The molecule has 1 saturated heterocycles. The Labute approximate surface area is 201 Å². The molecule has 3 aromatic rings. The van der Waals surface area contributed by atoms with Gasteiger partial charge in [0.25, 0.3) is 0 Å². The zero-order chi connectivity index (χ0) is 23.5. The Morgan fingerprint density at radius 1 is 0.853 bits per heavy atom. The smallest absolute Gasteiger partial charge is 0.223 e. The molecule has 0 spiro atoms. The molecule has 0 atom stereocenters. The van der Waals surface area contributed by atoms with Gasteiger partial charge in [0.1, 0.15) is 5.82 Å². The molecule has 5 rings (SSSR count). The second kappa shape index (κ2) is 9.98. The summed E-state index contributed by atoms with van der Waals surface area (Å²) in [5, 5.41) is 0. The van der Waals surface area contributed by atoms with E-state index in [0.29, 0.717) is 12.3 Å². The van der Waals surface area contributed by atoms with E-state index in [4.69, 9.17) is 0 Å². The molecule has 1 fully saturated rings. The fourth-order valence-corrected chi connectivity index (χ4v) is 5.34. The van der Waals surface area contributed by atoms with Gasteiger partial charge >= 0.3 is 0 Å². The summed E-state index contributed by atoms with van der Waals surface area (Å²) >= 11 is 0. The van der Waals surface area contributed by atoms with Crippen molar-refractivity contribution in [1.82, 2.24) is 9.80 Å². The minimum Gasteiger partial charge on any atom is -0.368 e. The van der Waals surface area contributed by atoms with Crippen molar-refractivity contribution in [3.63, 3.8) is 0 Å². The van der Waals surface area contributed by atoms with Crippen molar-refractivity contribution >= 4 is 11.6 Å². The Hall–Kier alpha value is -3.18. The van der Waals surface area contributed by atoms with Crippen molar-refractivity contribution in [2.24, 2.45) is 0 Å². The number of nitrogens with zero attached hydrogens (tertiary/aromatic N) is 3. The molecule has 1 aliphatic heterocycles. The molecule has 1 amide bonds. The summed E-state index contributed by atoms with van der Waals surface area (Å²) in [6.07, 6.45) is 1.60. The number of carbonyl (C=O) groups excluding carboxylic acids is 1. The van der Waals surface area contributed by atoms with E-state index in [0.717, 1.165) is 51.4 Å². The normalized spacial score (nSPS) is 15.5. The second-order valence-corrected chi connectivity index (χ2v) is 9.41. The zero-order valence-corrected chi connectivity index (χ0v) is 19.8. The van der Waals surface area contributed by atoms with Crippen LogP contribution in [0.25, 0.3) is 11.1 Å². The first-order chi connectivity index (χ1) is 16.6. The van der Waals surface area contributed by atoms with Gasteiger partial charge in [0.2, 0.25) is 5.91 Å². The van der Waals surface area contributed by atoms with Gasteiger partial charge in [-0.3, -0.25) is 4.79 Å². The Bertz CT molecular complexity index is 1090. The van der Waals surface area contributed by atoms with E-state index in [2.05, 4.69) is 65.4 Å². The molecule has 34 heavy (non-hydrogen) atoms. The first kappa shape index (κ1) is 22.6. The molecule has 1 aliphatic carbocycles. The molecule has 4 nitrogen and oxygen atoms in total. The van der Waals surface area contributed by atoms with Crippen LogP contribution in [0.1, 0.15) is 29.9 Å². The highest BCUT2D eigenvalue weighted by Gasteiger charge is 2.28. The lowest BCUT2D eigenvalue weighted by molar-refractivity contribution is -0.131. The second-order valence-electron chi connectivity index (χ2n) is 9.41. The molecular formula is C29H32FN3O. The average Bonchev–Trinajstić information content (AvgIpc) is 3.20. The third-order valence-corrected chi connectivity index (χ3v) is 7.29. The minimum atomic E-state index is -0.219. The molecule has 0 radical (unpaired) electrons. The SMILES string of the molecule is CN(CCC(=O)N1CCN(c2ccc(F)cc2)CC1)CCC1c2ccccc2-c2ccccc21. The van der Waals surface area contributed by atoms with Gasteiger partial charge in [-0.15, -0.1) is 0 Å².